The van der Waals surface area contributed by atoms with Gasteiger partial charge in [-0.3, -0.25) is 4.98 Å². The summed E-state index contributed by atoms with van der Waals surface area (Å²) in [7, 11) is 0. The van der Waals surface area contributed by atoms with Gasteiger partial charge in [0.15, 0.2) is 11.5 Å². The average molecular weight is 464 g/mol. The average Bonchev–Trinajstić information content (AvgIpc) is 2.96. The molecule has 170 valence electrons. The van der Waals surface area contributed by atoms with E-state index in [1.54, 1.807) is 0 Å². The number of nitrogens with zero attached hydrogens (tertiary/aromatic N) is 3. The minimum atomic E-state index is 0.844. The molecule has 6 aromatic rings. The van der Waals surface area contributed by atoms with E-state index in [0.717, 1.165) is 62.0 Å². The second kappa shape index (κ2) is 8.36. The molecule has 0 saturated heterocycles. The number of pyridine rings is 2. The van der Waals surface area contributed by atoms with Crippen molar-refractivity contribution >= 4 is 28.1 Å². The first-order valence-corrected chi connectivity index (χ1v) is 11.9. The Morgan fingerprint density at radius 1 is 0.583 bits per heavy atom. The van der Waals surface area contributed by atoms with Crippen molar-refractivity contribution < 1.29 is 4.74 Å². The quantitative estimate of drug-likeness (QED) is 0.263. The molecule has 0 bridgehead atoms. The van der Waals surface area contributed by atoms with Crippen LogP contribution in [0.5, 0.6) is 11.5 Å². The van der Waals surface area contributed by atoms with Crippen LogP contribution < -0.4 is 9.64 Å². The minimum absolute atomic E-state index is 0.844. The molecule has 1 aliphatic heterocycles. The largest absolute Gasteiger partial charge is 0.453 e. The highest BCUT2D eigenvalue weighted by Gasteiger charge is 2.25. The van der Waals surface area contributed by atoms with Gasteiger partial charge in [0, 0.05) is 23.0 Å². The van der Waals surface area contributed by atoms with Crippen LogP contribution in [0.15, 0.2) is 128 Å². The summed E-state index contributed by atoms with van der Waals surface area (Å²) in [6.45, 7) is 0. The molecular weight excluding hydrogens is 442 g/mol. The van der Waals surface area contributed by atoms with Crippen molar-refractivity contribution in [3.05, 3.63) is 128 Å². The van der Waals surface area contributed by atoms with Gasteiger partial charge in [-0.05, 0) is 60.2 Å². The van der Waals surface area contributed by atoms with Gasteiger partial charge < -0.3 is 9.64 Å². The molecule has 4 aromatic carbocycles. The van der Waals surface area contributed by atoms with E-state index >= 15 is 0 Å². The van der Waals surface area contributed by atoms with E-state index in [0.29, 0.717) is 0 Å². The van der Waals surface area contributed by atoms with Crippen LogP contribution in [-0.2, 0) is 0 Å². The first-order chi connectivity index (χ1) is 17.8. The van der Waals surface area contributed by atoms with Gasteiger partial charge in [0.25, 0.3) is 0 Å². The van der Waals surface area contributed by atoms with E-state index in [1.807, 2.05) is 60.8 Å². The maximum absolute atomic E-state index is 6.16. The van der Waals surface area contributed by atoms with Crippen molar-refractivity contribution in [3.8, 4) is 33.9 Å². The van der Waals surface area contributed by atoms with Gasteiger partial charge in [-0.2, -0.15) is 0 Å². The summed E-state index contributed by atoms with van der Waals surface area (Å²) in [5.74, 6) is 1.69. The molecular formula is C32H21N3O. The molecule has 0 unspecified atom stereocenters. The van der Waals surface area contributed by atoms with E-state index in [-0.39, 0.29) is 0 Å². The number of benzene rings is 4. The molecule has 3 heterocycles. The van der Waals surface area contributed by atoms with E-state index in [1.165, 1.54) is 0 Å². The third kappa shape index (κ3) is 3.39. The van der Waals surface area contributed by atoms with Crippen molar-refractivity contribution in [1.29, 1.82) is 0 Å². The molecule has 0 radical (unpaired) electrons. The zero-order valence-corrected chi connectivity index (χ0v) is 19.4. The highest BCUT2D eigenvalue weighted by molar-refractivity contribution is 5.94. The van der Waals surface area contributed by atoms with Crippen LogP contribution >= 0.6 is 0 Å². The van der Waals surface area contributed by atoms with Gasteiger partial charge in [0.05, 0.1) is 28.1 Å². The maximum Gasteiger partial charge on any atom is 0.151 e. The molecule has 4 nitrogen and oxygen atoms in total. The van der Waals surface area contributed by atoms with Crippen LogP contribution in [0.1, 0.15) is 0 Å². The fourth-order valence-electron chi connectivity index (χ4n) is 4.81. The molecule has 0 spiro atoms. The molecule has 0 saturated carbocycles. The van der Waals surface area contributed by atoms with Crippen LogP contribution in [0.3, 0.4) is 0 Å². The highest BCUT2D eigenvalue weighted by Crippen LogP contribution is 2.50. The number of para-hydroxylation sites is 4. The highest BCUT2D eigenvalue weighted by atomic mass is 16.5. The zero-order valence-electron chi connectivity index (χ0n) is 19.4. The molecule has 0 fully saturated rings. The van der Waals surface area contributed by atoms with Crippen molar-refractivity contribution in [2.45, 2.75) is 0 Å². The predicted molar refractivity (Wildman–Crippen MR) is 145 cm³/mol. The standard InChI is InChI=1S/C32H21N3O/c1-2-9-22(10-3-1)25-21-27(34-26-11-8-20-33-32(25)26)23-16-18-24(19-17-23)35-28-12-4-6-14-30(28)36-31-15-7-5-13-29(31)35/h1-21H. The number of ether oxygens (including phenoxy) is 1. The van der Waals surface area contributed by atoms with Gasteiger partial charge in [-0.25, -0.2) is 4.98 Å². The summed E-state index contributed by atoms with van der Waals surface area (Å²) >= 11 is 0. The molecule has 0 atom stereocenters. The number of hydrogen-bond donors (Lipinski definition) is 0. The lowest BCUT2D eigenvalue weighted by molar-refractivity contribution is 0.477. The Hall–Kier alpha value is -4.96. The third-order valence-electron chi connectivity index (χ3n) is 6.50. The number of hydrogen-bond acceptors (Lipinski definition) is 4. The molecule has 0 amide bonds. The van der Waals surface area contributed by atoms with Crippen LogP contribution in [0.25, 0.3) is 33.4 Å². The molecule has 4 heteroatoms. The second-order valence-electron chi connectivity index (χ2n) is 8.71. The van der Waals surface area contributed by atoms with Crippen LogP contribution in [-0.4, -0.2) is 9.97 Å². The summed E-state index contributed by atoms with van der Waals surface area (Å²) in [5, 5.41) is 0. The Morgan fingerprint density at radius 3 is 1.97 bits per heavy atom. The van der Waals surface area contributed by atoms with Crippen molar-refractivity contribution in [3.63, 3.8) is 0 Å². The lowest BCUT2D eigenvalue weighted by Gasteiger charge is -2.32. The number of anilines is 3. The molecule has 0 aliphatic carbocycles. The molecule has 0 N–H and O–H groups in total. The summed E-state index contributed by atoms with van der Waals surface area (Å²) in [4.78, 5) is 11.8. The lowest BCUT2D eigenvalue weighted by Crippen LogP contribution is -2.15. The summed E-state index contributed by atoms with van der Waals surface area (Å²) in [5.41, 5.74) is 9.07. The predicted octanol–water partition coefficient (Wildman–Crippen LogP) is 8.54. The van der Waals surface area contributed by atoms with Crippen LogP contribution in [0, 0.1) is 0 Å². The van der Waals surface area contributed by atoms with Crippen LogP contribution in [0.4, 0.5) is 17.1 Å². The normalized spacial score (nSPS) is 12.1. The van der Waals surface area contributed by atoms with Crippen molar-refractivity contribution in [1.82, 2.24) is 9.97 Å². The topological polar surface area (TPSA) is 38.2 Å². The first kappa shape index (κ1) is 20.4. The van der Waals surface area contributed by atoms with E-state index in [9.17, 15) is 0 Å². The van der Waals surface area contributed by atoms with Gasteiger partial charge >= 0.3 is 0 Å². The van der Waals surface area contributed by atoms with Gasteiger partial charge in [-0.15, -0.1) is 0 Å². The van der Waals surface area contributed by atoms with E-state index in [2.05, 4.69) is 76.6 Å². The van der Waals surface area contributed by atoms with Crippen molar-refractivity contribution in [2.75, 3.05) is 4.90 Å². The Morgan fingerprint density at radius 2 is 1.25 bits per heavy atom. The number of fused-ring (bicyclic) bond motifs is 3. The van der Waals surface area contributed by atoms with Crippen LogP contribution in [0.2, 0.25) is 0 Å². The smallest absolute Gasteiger partial charge is 0.151 e. The Kier molecular flexibility index (Phi) is 4.74. The lowest BCUT2D eigenvalue weighted by atomic mass is 10.0. The monoisotopic (exact) mass is 463 g/mol. The fourth-order valence-corrected chi connectivity index (χ4v) is 4.81. The van der Waals surface area contributed by atoms with Crippen molar-refractivity contribution in [2.24, 2.45) is 0 Å². The van der Waals surface area contributed by atoms with E-state index < -0.39 is 0 Å². The Bertz CT molecular complexity index is 1670. The SMILES string of the molecule is c1ccc(-c2cc(-c3ccc(N4c5ccccc5Oc5ccccc54)cc3)nc3cccnc23)cc1. The van der Waals surface area contributed by atoms with Gasteiger partial charge in [0.1, 0.15) is 0 Å². The Labute approximate surface area is 209 Å². The molecule has 7 rings (SSSR count). The van der Waals surface area contributed by atoms with Gasteiger partial charge in [-0.1, -0.05) is 66.7 Å². The number of aromatic nitrogens is 2. The van der Waals surface area contributed by atoms with E-state index in [4.69, 9.17) is 9.72 Å². The second-order valence-corrected chi connectivity index (χ2v) is 8.71. The number of rotatable bonds is 3. The summed E-state index contributed by atoms with van der Waals surface area (Å²) < 4.78 is 6.16. The summed E-state index contributed by atoms with van der Waals surface area (Å²) in [6, 6.07) is 41.3. The maximum atomic E-state index is 6.16. The fraction of sp³-hybridized carbons (Fsp3) is 0. The third-order valence-corrected chi connectivity index (χ3v) is 6.50. The molecule has 1 aliphatic rings. The summed E-state index contributed by atoms with van der Waals surface area (Å²) in [6.07, 6.45) is 1.82. The molecule has 36 heavy (non-hydrogen) atoms. The zero-order chi connectivity index (χ0) is 23.9. The Balaban J connectivity index is 1.34. The molecule has 2 aromatic heterocycles. The first-order valence-electron chi connectivity index (χ1n) is 11.9. The van der Waals surface area contributed by atoms with Gasteiger partial charge in [0.2, 0.25) is 0 Å². The minimum Gasteiger partial charge on any atom is -0.453 e.